The van der Waals surface area contributed by atoms with Crippen LogP contribution in [0.25, 0.3) is 0 Å². The first-order valence-corrected chi connectivity index (χ1v) is 9.75. The molecule has 1 aliphatic carbocycles. The van der Waals surface area contributed by atoms with Gasteiger partial charge in [0.25, 0.3) is 0 Å². The van der Waals surface area contributed by atoms with Crippen LogP contribution in [0.2, 0.25) is 0 Å². The summed E-state index contributed by atoms with van der Waals surface area (Å²) in [7, 11) is 0. The summed E-state index contributed by atoms with van der Waals surface area (Å²) in [5.41, 5.74) is 2.82. The van der Waals surface area contributed by atoms with Crippen molar-refractivity contribution in [3.05, 3.63) is 56.8 Å². The number of carboxylic acids is 1. The molecule has 3 nitrogen and oxygen atoms in total. The highest BCUT2D eigenvalue weighted by Gasteiger charge is 2.32. The van der Waals surface area contributed by atoms with Crippen molar-refractivity contribution in [3.8, 4) is 0 Å². The summed E-state index contributed by atoms with van der Waals surface area (Å²) in [5, 5.41) is 8.99. The van der Waals surface area contributed by atoms with Gasteiger partial charge in [-0.15, -0.1) is 11.3 Å². The Morgan fingerprint density at radius 3 is 2.60 bits per heavy atom. The van der Waals surface area contributed by atoms with Crippen LogP contribution in [0.3, 0.4) is 0 Å². The van der Waals surface area contributed by atoms with Crippen LogP contribution in [-0.2, 0) is 17.6 Å². The van der Waals surface area contributed by atoms with Gasteiger partial charge in [0.15, 0.2) is 5.78 Å². The van der Waals surface area contributed by atoms with E-state index in [1.54, 1.807) is 11.3 Å². The van der Waals surface area contributed by atoms with Crippen molar-refractivity contribution in [2.45, 2.75) is 51.9 Å². The molecule has 0 radical (unpaired) electrons. The third kappa shape index (κ3) is 3.84. The highest BCUT2D eigenvalue weighted by Crippen LogP contribution is 2.45. The molecule has 0 bridgehead atoms. The lowest BCUT2D eigenvalue weighted by atomic mass is 9.95. The van der Waals surface area contributed by atoms with Crippen LogP contribution in [0.15, 0.2) is 30.3 Å². The second kappa shape index (κ2) is 7.52. The Morgan fingerprint density at radius 1 is 1.24 bits per heavy atom. The number of fused-ring (bicyclic) bond motifs is 1. The molecular weight excluding hydrogens is 332 g/mol. The number of carboxylic acid groups (broad SMARTS) is 1. The number of carbonyl (C=O) groups is 2. The summed E-state index contributed by atoms with van der Waals surface area (Å²) in [4.78, 5) is 26.5. The Bertz CT molecular complexity index is 774. The molecule has 0 amide bonds. The van der Waals surface area contributed by atoms with Gasteiger partial charge in [0, 0.05) is 27.3 Å². The van der Waals surface area contributed by atoms with Crippen molar-refractivity contribution in [2.24, 2.45) is 5.92 Å². The van der Waals surface area contributed by atoms with Crippen molar-refractivity contribution in [2.75, 3.05) is 0 Å². The standard InChI is InChI=1S/C21H24O3S/c1-13(2)12-17-19(20(24)14-6-4-3-5-7-14)16-10-8-15(21(16)25-17)9-11-18(22)23/h3-7,13,15H,8-12H2,1-2H3,(H,22,23). The average Bonchev–Trinajstić information content (AvgIpc) is 3.11. The minimum absolute atomic E-state index is 0.118. The van der Waals surface area contributed by atoms with Crippen molar-refractivity contribution in [3.63, 3.8) is 0 Å². The molecule has 0 aliphatic heterocycles. The maximum atomic E-state index is 13.2. The molecule has 1 N–H and O–H groups in total. The molecule has 0 spiro atoms. The minimum atomic E-state index is -0.743. The first-order chi connectivity index (χ1) is 12.0. The van der Waals surface area contributed by atoms with Crippen LogP contribution in [0, 0.1) is 5.92 Å². The zero-order valence-corrected chi connectivity index (χ0v) is 15.6. The number of thiophene rings is 1. The van der Waals surface area contributed by atoms with Crippen molar-refractivity contribution in [1.82, 2.24) is 0 Å². The molecule has 0 saturated carbocycles. The Kier molecular flexibility index (Phi) is 5.38. The Morgan fingerprint density at radius 2 is 1.96 bits per heavy atom. The predicted octanol–water partition coefficient (Wildman–Crippen LogP) is 5.07. The molecule has 4 heteroatoms. The first kappa shape index (κ1) is 17.9. The molecule has 1 aliphatic rings. The summed E-state index contributed by atoms with van der Waals surface area (Å²) in [5.74, 6) is 0.151. The molecule has 1 heterocycles. The zero-order chi connectivity index (χ0) is 18.0. The van der Waals surface area contributed by atoms with Gasteiger partial charge in [-0.3, -0.25) is 9.59 Å². The van der Waals surface area contributed by atoms with E-state index in [4.69, 9.17) is 5.11 Å². The normalized spacial score (nSPS) is 16.2. The summed E-state index contributed by atoms with van der Waals surface area (Å²) in [6.45, 7) is 4.34. The zero-order valence-electron chi connectivity index (χ0n) is 14.7. The van der Waals surface area contributed by atoms with Gasteiger partial charge in [-0.2, -0.15) is 0 Å². The van der Waals surface area contributed by atoms with E-state index in [1.165, 1.54) is 15.3 Å². The van der Waals surface area contributed by atoms with Crippen LogP contribution in [-0.4, -0.2) is 16.9 Å². The second-order valence-electron chi connectivity index (χ2n) is 7.20. The summed E-state index contributed by atoms with van der Waals surface area (Å²) in [6.07, 6.45) is 3.62. The van der Waals surface area contributed by atoms with Crippen LogP contribution in [0.5, 0.6) is 0 Å². The molecule has 1 aromatic carbocycles. The number of ketones is 1. The summed E-state index contributed by atoms with van der Waals surface area (Å²) < 4.78 is 0. The fraction of sp³-hybridized carbons (Fsp3) is 0.429. The molecule has 132 valence electrons. The lowest BCUT2D eigenvalue weighted by Crippen LogP contribution is -2.07. The third-order valence-electron chi connectivity index (χ3n) is 4.79. The quantitative estimate of drug-likeness (QED) is 0.705. The number of rotatable bonds is 7. The number of benzene rings is 1. The summed E-state index contributed by atoms with van der Waals surface area (Å²) >= 11 is 1.75. The van der Waals surface area contributed by atoms with E-state index in [-0.39, 0.29) is 12.2 Å². The fourth-order valence-electron chi connectivity index (χ4n) is 3.65. The van der Waals surface area contributed by atoms with Crippen LogP contribution in [0.4, 0.5) is 0 Å². The molecule has 1 unspecified atom stereocenters. The molecule has 0 saturated heterocycles. The molecule has 1 aromatic heterocycles. The second-order valence-corrected chi connectivity index (χ2v) is 8.34. The number of hydrogen-bond acceptors (Lipinski definition) is 3. The lowest BCUT2D eigenvalue weighted by molar-refractivity contribution is -0.137. The van der Waals surface area contributed by atoms with Gasteiger partial charge >= 0.3 is 5.97 Å². The van der Waals surface area contributed by atoms with Crippen molar-refractivity contribution in [1.29, 1.82) is 0 Å². The Labute approximate surface area is 152 Å². The van der Waals surface area contributed by atoms with E-state index in [2.05, 4.69) is 13.8 Å². The summed E-state index contributed by atoms with van der Waals surface area (Å²) in [6, 6.07) is 9.48. The maximum Gasteiger partial charge on any atom is 0.303 e. The first-order valence-electron chi connectivity index (χ1n) is 8.93. The minimum Gasteiger partial charge on any atom is -0.481 e. The smallest absolute Gasteiger partial charge is 0.303 e. The third-order valence-corrected chi connectivity index (χ3v) is 6.20. The number of carbonyl (C=O) groups excluding carboxylic acids is 1. The lowest BCUT2D eigenvalue weighted by Gasteiger charge is -2.09. The van der Waals surface area contributed by atoms with Gasteiger partial charge in [0.2, 0.25) is 0 Å². The van der Waals surface area contributed by atoms with E-state index in [0.717, 1.165) is 30.4 Å². The van der Waals surface area contributed by atoms with Gasteiger partial charge in [-0.1, -0.05) is 44.2 Å². The van der Waals surface area contributed by atoms with Gasteiger partial charge in [0.05, 0.1) is 0 Å². The van der Waals surface area contributed by atoms with Gasteiger partial charge in [-0.25, -0.2) is 0 Å². The maximum absolute atomic E-state index is 13.2. The van der Waals surface area contributed by atoms with Crippen LogP contribution < -0.4 is 0 Å². The number of aliphatic carboxylic acids is 1. The van der Waals surface area contributed by atoms with E-state index in [0.29, 0.717) is 18.3 Å². The number of hydrogen-bond donors (Lipinski definition) is 1. The monoisotopic (exact) mass is 356 g/mol. The van der Waals surface area contributed by atoms with Crippen LogP contribution in [0.1, 0.15) is 70.3 Å². The highest BCUT2D eigenvalue weighted by atomic mass is 32.1. The largest absolute Gasteiger partial charge is 0.481 e. The average molecular weight is 356 g/mol. The Hall–Kier alpha value is -1.94. The van der Waals surface area contributed by atoms with Crippen LogP contribution >= 0.6 is 11.3 Å². The Balaban J connectivity index is 1.98. The molecule has 2 aromatic rings. The van der Waals surface area contributed by atoms with Gasteiger partial charge in [0.1, 0.15) is 0 Å². The molecule has 25 heavy (non-hydrogen) atoms. The fourth-order valence-corrected chi connectivity index (χ4v) is 5.38. The predicted molar refractivity (Wildman–Crippen MR) is 101 cm³/mol. The van der Waals surface area contributed by atoms with E-state index >= 15 is 0 Å². The van der Waals surface area contributed by atoms with Gasteiger partial charge < -0.3 is 5.11 Å². The molecule has 1 atom stereocenters. The van der Waals surface area contributed by atoms with Crippen molar-refractivity contribution >= 4 is 23.1 Å². The van der Waals surface area contributed by atoms with E-state index < -0.39 is 5.97 Å². The SMILES string of the molecule is CC(C)Cc1sc2c(c1C(=O)c1ccccc1)CCC2CCC(=O)O. The van der Waals surface area contributed by atoms with Gasteiger partial charge in [-0.05, 0) is 43.1 Å². The van der Waals surface area contributed by atoms with Crippen molar-refractivity contribution < 1.29 is 14.7 Å². The highest BCUT2D eigenvalue weighted by molar-refractivity contribution is 7.12. The molecule has 3 rings (SSSR count). The molecular formula is C21H24O3S. The molecule has 0 fully saturated rings. The van der Waals surface area contributed by atoms with E-state index in [1.807, 2.05) is 30.3 Å². The topological polar surface area (TPSA) is 54.4 Å². The van der Waals surface area contributed by atoms with E-state index in [9.17, 15) is 9.59 Å².